The first-order valence-corrected chi connectivity index (χ1v) is 8.12. The molecule has 4 heteroatoms. The molecule has 1 saturated carbocycles. The first-order chi connectivity index (χ1) is 9.87. The van der Waals surface area contributed by atoms with Crippen LogP contribution in [0.25, 0.3) is 0 Å². The zero-order valence-corrected chi connectivity index (χ0v) is 13.9. The molecule has 1 aromatic carbocycles. The maximum absolute atomic E-state index is 10.1. The minimum absolute atomic E-state index is 0.0317. The van der Waals surface area contributed by atoms with Crippen molar-refractivity contribution in [3.63, 3.8) is 0 Å². The Morgan fingerprint density at radius 3 is 2.67 bits per heavy atom. The summed E-state index contributed by atoms with van der Waals surface area (Å²) < 4.78 is 6.07. The number of rotatable bonds is 4. The monoisotopic (exact) mass is 311 g/mol. The molecule has 1 fully saturated rings. The third kappa shape index (κ3) is 4.87. The minimum Gasteiger partial charge on any atom is -0.486 e. The molecule has 1 aromatic rings. The van der Waals surface area contributed by atoms with Crippen molar-refractivity contribution in [1.82, 2.24) is 5.32 Å². The molecule has 0 spiro atoms. The molecule has 0 radical (unpaired) electrons. The van der Waals surface area contributed by atoms with E-state index in [-0.39, 0.29) is 11.6 Å². The molecule has 2 N–H and O–H groups in total. The highest BCUT2D eigenvalue weighted by molar-refractivity contribution is 6.32. The van der Waals surface area contributed by atoms with Gasteiger partial charge in [-0.15, -0.1) is 0 Å². The summed E-state index contributed by atoms with van der Waals surface area (Å²) in [6.07, 6.45) is 3.33. The van der Waals surface area contributed by atoms with E-state index >= 15 is 0 Å². The van der Waals surface area contributed by atoms with Crippen molar-refractivity contribution in [1.29, 1.82) is 0 Å². The SMILES string of the molecule is CC(C)(C)NCc1cccc(Cl)c1OC1CCCCC1O. The third-order valence-corrected chi connectivity index (χ3v) is 4.09. The maximum Gasteiger partial charge on any atom is 0.142 e. The second-order valence-corrected chi connectivity index (χ2v) is 7.25. The van der Waals surface area contributed by atoms with Gasteiger partial charge in [-0.05, 0) is 46.1 Å². The summed E-state index contributed by atoms with van der Waals surface area (Å²) in [6, 6.07) is 5.80. The normalized spacial score (nSPS) is 23.1. The van der Waals surface area contributed by atoms with Crippen molar-refractivity contribution in [2.45, 2.75) is 70.7 Å². The van der Waals surface area contributed by atoms with Crippen molar-refractivity contribution in [3.8, 4) is 5.75 Å². The van der Waals surface area contributed by atoms with Crippen LogP contribution in [0.1, 0.15) is 52.0 Å². The molecule has 21 heavy (non-hydrogen) atoms. The number of hydrogen-bond donors (Lipinski definition) is 2. The smallest absolute Gasteiger partial charge is 0.142 e. The molecule has 0 saturated heterocycles. The molecule has 1 aliphatic carbocycles. The molecule has 1 aliphatic rings. The lowest BCUT2D eigenvalue weighted by Gasteiger charge is -2.30. The molecule has 2 unspecified atom stereocenters. The van der Waals surface area contributed by atoms with E-state index in [0.29, 0.717) is 17.3 Å². The molecule has 0 bridgehead atoms. The second-order valence-electron chi connectivity index (χ2n) is 6.84. The van der Waals surface area contributed by atoms with E-state index in [4.69, 9.17) is 16.3 Å². The van der Waals surface area contributed by atoms with E-state index in [2.05, 4.69) is 26.1 Å². The molecular weight excluding hydrogens is 286 g/mol. The number of halogens is 1. The average molecular weight is 312 g/mol. The van der Waals surface area contributed by atoms with E-state index in [1.807, 2.05) is 18.2 Å². The van der Waals surface area contributed by atoms with Gasteiger partial charge in [0.1, 0.15) is 11.9 Å². The molecule has 0 aliphatic heterocycles. The Hall–Kier alpha value is -0.770. The Balaban J connectivity index is 2.13. The molecule has 0 amide bonds. The number of aliphatic hydroxyl groups is 1. The van der Waals surface area contributed by atoms with Crippen LogP contribution in [0, 0.1) is 0 Å². The zero-order chi connectivity index (χ0) is 15.5. The van der Waals surface area contributed by atoms with Crippen LogP contribution in [0.5, 0.6) is 5.75 Å². The molecule has 2 atom stereocenters. The number of para-hydroxylation sites is 1. The predicted molar refractivity (Wildman–Crippen MR) is 86.9 cm³/mol. The van der Waals surface area contributed by atoms with Gasteiger partial charge >= 0.3 is 0 Å². The van der Waals surface area contributed by atoms with Crippen molar-refractivity contribution < 1.29 is 9.84 Å². The van der Waals surface area contributed by atoms with Gasteiger partial charge in [-0.3, -0.25) is 0 Å². The van der Waals surface area contributed by atoms with Crippen LogP contribution in [0.15, 0.2) is 18.2 Å². The lowest BCUT2D eigenvalue weighted by atomic mass is 9.95. The van der Waals surface area contributed by atoms with Gasteiger partial charge in [0, 0.05) is 17.6 Å². The largest absolute Gasteiger partial charge is 0.486 e. The van der Waals surface area contributed by atoms with Crippen molar-refractivity contribution in [2.75, 3.05) is 0 Å². The topological polar surface area (TPSA) is 41.5 Å². The Bertz CT molecular complexity index is 470. The highest BCUT2D eigenvalue weighted by atomic mass is 35.5. The van der Waals surface area contributed by atoms with Crippen LogP contribution in [0.3, 0.4) is 0 Å². The number of nitrogens with one attached hydrogen (secondary N) is 1. The van der Waals surface area contributed by atoms with E-state index in [0.717, 1.165) is 31.2 Å². The fourth-order valence-electron chi connectivity index (χ4n) is 2.55. The van der Waals surface area contributed by atoms with Crippen LogP contribution in [-0.4, -0.2) is 22.9 Å². The Labute approximate surface area is 132 Å². The van der Waals surface area contributed by atoms with Crippen molar-refractivity contribution in [2.24, 2.45) is 0 Å². The van der Waals surface area contributed by atoms with Crippen LogP contribution in [0.4, 0.5) is 0 Å². The molecule has 2 rings (SSSR count). The highest BCUT2D eigenvalue weighted by Gasteiger charge is 2.26. The Morgan fingerprint density at radius 1 is 1.29 bits per heavy atom. The van der Waals surface area contributed by atoms with E-state index in [1.54, 1.807) is 0 Å². The number of ether oxygens (including phenoxy) is 1. The predicted octanol–water partition coefficient (Wildman–Crippen LogP) is 3.91. The molecule has 0 heterocycles. The van der Waals surface area contributed by atoms with Gasteiger partial charge < -0.3 is 15.2 Å². The van der Waals surface area contributed by atoms with Gasteiger partial charge in [-0.25, -0.2) is 0 Å². The van der Waals surface area contributed by atoms with Crippen molar-refractivity contribution in [3.05, 3.63) is 28.8 Å². The summed E-state index contributed by atoms with van der Waals surface area (Å²) in [6.45, 7) is 7.08. The van der Waals surface area contributed by atoms with Crippen LogP contribution in [-0.2, 0) is 6.54 Å². The lowest BCUT2D eigenvalue weighted by molar-refractivity contribution is 0.00637. The third-order valence-electron chi connectivity index (χ3n) is 3.79. The van der Waals surface area contributed by atoms with Gasteiger partial charge in [0.15, 0.2) is 0 Å². The quantitative estimate of drug-likeness (QED) is 0.886. The summed E-state index contributed by atoms with van der Waals surface area (Å²) in [5.41, 5.74) is 1.07. The number of benzene rings is 1. The van der Waals surface area contributed by atoms with Gasteiger partial charge in [-0.1, -0.05) is 30.2 Å². The van der Waals surface area contributed by atoms with Gasteiger partial charge in [0.05, 0.1) is 11.1 Å². The van der Waals surface area contributed by atoms with Crippen LogP contribution < -0.4 is 10.1 Å². The first-order valence-electron chi connectivity index (χ1n) is 7.74. The van der Waals surface area contributed by atoms with Crippen LogP contribution in [0.2, 0.25) is 5.02 Å². The van der Waals surface area contributed by atoms with E-state index in [9.17, 15) is 5.11 Å². The maximum atomic E-state index is 10.1. The molecular formula is C17H26ClNO2. The standard InChI is InChI=1S/C17H26ClNO2/c1-17(2,3)19-11-12-7-6-8-13(18)16(12)21-15-10-5-4-9-14(15)20/h6-8,14-15,19-20H,4-5,9-11H2,1-3H3. The van der Waals surface area contributed by atoms with Gasteiger partial charge in [0.2, 0.25) is 0 Å². The molecule has 3 nitrogen and oxygen atoms in total. The average Bonchev–Trinajstić information content (AvgIpc) is 2.41. The Morgan fingerprint density at radius 2 is 2.00 bits per heavy atom. The number of hydrogen-bond acceptors (Lipinski definition) is 3. The summed E-state index contributed by atoms with van der Waals surface area (Å²) in [7, 11) is 0. The summed E-state index contributed by atoms with van der Waals surface area (Å²) in [4.78, 5) is 0. The fourth-order valence-corrected chi connectivity index (χ4v) is 2.79. The zero-order valence-electron chi connectivity index (χ0n) is 13.2. The highest BCUT2D eigenvalue weighted by Crippen LogP contribution is 2.32. The van der Waals surface area contributed by atoms with Gasteiger partial charge in [-0.2, -0.15) is 0 Å². The van der Waals surface area contributed by atoms with E-state index < -0.39 is 6.10 Å². The molecule has 0 aromatic heterocycles. The summed E-state index contributed by atoms with van der Waals surface area (Å²) in [5, 5.41) is 14.2. The van der Waals surface area contributed by atoms with Gasteiger partial charge in [0.25, 0.3) is 0 Å². The first kappa shape index (κ1) is 16.6. The minimum atomic E-state index is -0.390. The molecule has 118 valence electrons. The second kappa shape index (κ2) is 6.99. The summed E-state index contributed by atoms with van der Waals surface area (Å²) >= 11 is 6.31. The number of aliphatic hydroxyl groups excluding tert-OH is 1. The fraction of sp³-hybridized carbons (Fsp3) is 0.647. The van der Waals surface area contributed by atoms with E-state index in [1.165, 1.54) is 0 Å². The Kier molecular flexibility index (Phi) is 5.53. The summed E-state index contributed by atoms with van der Waals surface area (Å²) in [5.74, 6) is 0.710. The van der Waals surface area contributed by atoms with Crippen molar-refractivity contribution >= 4 is 11.6 Å². The lowest BCUT2D eigenvalue weighted by Crippen LogP contribution is -2.36. The van der Waals surface area contributed by atoms with Crippen LogP contribution >= 0.6 is 11.6 Å².